The summed E-state index contributed by atoms with van der Waals surface area (Å²) in [7, 11) is 0. The van der Waals surface area contributed by atoms with Crippen molar-refractivity contribution in [2.45, 2.75) is 6.04 Å². The topological polar surface area (TPSA) is 136 Å². The van der Waals surface area contributed by atoms with Gasteiger partial charge >= 0.3 is 0 Å². The molecule has 0 spiro atoms. The number of carbonyl (C=O) groups is 1. The molecule has 0 unspecified atom stereocenters. The second kappa shape index (κ2) is 6.33. The van der Waals surface area contributed by atoms with Gasteiger partial charge in [0.25, 0.3) is 0 Å². The first-order valence-electron chi connectivity index (χ1n) is 6.46. The molecule has 7 nitrogen and oxygen atoms in total. The number of anilines is 1. The Hall–Kier alpha value is -2.77. The minimum atomic E-state index is -1.07. The van der Waals surface area contributed by atoms with Gasteiger partial charge in [0.15, 0.2) is 11.5 Å². The van der Waals surface area contributed by atoms with Gasteiger partial charge in [0.05, 0.1) is 6.61 Å². The predicted octanol–water partition coefficient (Wildman–Crippen LogP) is 0.728. The van der Waals surface area contributed by atoms with Crippen LogP contribution < -0.4 is 11.1 Å². The standard InChI is InChI=1S/C15H16N2O5/c16-10(7-18)15(22)17-11-4-2-1-3-8(11)9-5-6-12(19)14(21)13(9)20/h1-6,10,18-21H,7,16H2,(H,17,22)/t10-/m0/s1. The minimum absolute atomic E-state index is 0.226. The third kappa shape index (κ3) is 2.95. The summed E-state index contributed by atoms with van der Waals surface area (Å²) in [4.78, 5) is 11.8. The van der Waals surface area contributed by atoms with Gasteiger partial charge in [-0.2, -0.15) is 0 Å². The molecule has 0 aliphatic heterocycles. The predicted molar refractivity (Wildman–Crippen MR) is 80.6 cm³/mol. The molecule has 0 radical (unpaired) electrons. The van der Waals surface area contributed by atoms with Crippen molar-refractivity contribution in [3.63, 3.8) is 0 Å². The molecule has 0 heterocycles. The Morgan fingerprint density at radius 1 is 1.05 bits per heavy atom. The zero-order chi connectivity index (χ0) is 16.3. The van der Waals surface area contributed by atoms with Crippen LogP contribution in [-0.2, 0) is 4.79 Å². The third-order valence-electron chi connectivity index (χ3n) is 3.14. The average Bonchev–Trinajstić information content (AvgIpc) is 2.53. The van der Waals surface area contributed by atoms with Crippen LogP contribution in [0.3, 0.4) is 0 Å². The summed E-state index contributed by atoms with van der Waals surface area (Å²) in [6.07, 6.45) is 0. The van der Waals surface area contributed by atoms with Gasteiger partial charge < -0.3 is 31.5 Å². The van der Waals surface area contributed by atoms with E-state index in [9.17, 15) is 20.1 Å². The summed E-state index contributed by atoms with van der Waals surface area (Å²) >= 11 is 0. The molecule has 1 amide bonds. The van der Waals surface area contributed by atoms with E-state index in [1.54, 1.807) is 24.3 Å². The molecule has 2 aromatic carbocycles. The second-order valence-electron chi connectivity index (χ2n) is 4.65. The zero-order valence-electron chi connectivity index (χ0n) is 11.5. The Labute approximate surface area is 126 Å². The molecule has 2 aromatic rings. The first-order valence-corrected chi connectivity index (χ1v) is 6.46. The van der Waals surface area contributed by atoms with Crippen molar-refractivity contribution in [2.75, 3.05) is 11.9 Å². The summed E-state index contributed by atoms with van der Waals surface area (Å²) in [5.74, 6) is -2.19. The van der Waals surface area contributed by atoms with E-state index in [-0.39, 0.29) is 5.56 Å². The van der Waals surface area contributed by atoms with E-state index < -0.39 is 35.8 Å². The first-order chi connectivity index (χ1) is 10.5. The fraction of sp³-hybridized carbons (Fsp3) is 0.133. The van der Waals surface area contributed by atoms with E-state index >= 15 is 0 Å². The summed E-state index contributed by atoms with van der Waals surface area (Å²) < 4.78 is 0. The van der Waals surface area contributed by atoms with Crippen LogP contribution in [0, 0.1) is 0 Å². The van der Waals surface area contributed by atoms with Gasteiger partial charge in [-0.25, -0.2) is 0 Å². The number of rotatable bonds is 4. The maximum absolute atomic E-state index is 11.8. The Morgan fingerprint density at radius 2 is 1.73 bits per heavy atom. The molecule has 7 N–H and O–H groups in total. The Kier molecular flexibility index (Phi) is 4.50. The lowest BCUT2D eigenvalue weighted by molar-refractivity contribution is -0.118. The van der Waals surface area contributed by atoms with Crippen LogP contribution >= 0.6 is 0 Å². The van der Waals surface area contributed by atoms with Crippen LogP contribution in [0.5, 0.6) is 17.2 Å². The van der Waals surface area contributed by atoms with Gasteiger partial charge in [-0.1, -0.05) is 18.2 Å². The maximum Gasteiger partial charge on any atom is 0.243 e. The number of amides is 1. The molecule has 116 valence electrons. The molecular weight excluding hydrogens is 288 g/mol. The van der Waals surface area contributed by atoms with Gasteiger partial charge in [-0.15, -0.1) is 0 Å². The molecule has 0 fully saturated rings. The molecule has 0 saturated carbocycles. The monoisotopic (exact) mass is 304 g/mol. The largest absolute Gasteiger partial charge is 0.504 e. The molecule has 0 aliphatic rings. The maximum atomic E-state index is 11.8. The minimum Gasteiger partial charge on any atom is -0.504 e. The number of para-hydroxylation sites is 1. The van der Waals surface area contributed by atoms with Gasteiger partial charge in [0.1, 0.15) is 6.04 Å². The van der Waals surface area contributed by atoms with Gasteiger partial charge in [-0.3, -0.25) is 4.79 Å². The van der Waals surface area contributed by atoms with E-state index in [0.717, 1.165) is 0 Å². The highest BCUT2D eigenvalue weighted by Crippen LogP contribution is 2.43. The van der Waals surface area contributed by atoms with E-state index in [0.29, 0.717) is 11.3 Å². The summed E-state index contributed by atoms with van der Waals surface area (Å²) in [5.41, 5.74) is 6.44. The highest BCUT2D eigenvalue weighted by atomic mass is 16.3. The number of hydrogen-bond acceptors (Lipinski definition) is 6. The van der Waals surface area contributed by atoms with Gasteiger partial charge in [-0.05, 0) is 18.2 Å². The SMILES string of the molecule is N[C@@H](CO)C(=O)Nc1ccccc1-c1ccc(O)c(O)c1O. The van der Waals surface area contributed by atoms with Crippen LogP contribution in [0.1, 0.15) is 0 Å². The van der Waals surface area contributed by atoms with Crippen LogP contribution in [0.2, 0.25) is 0 Å². The molecular formula is C15H16N2O5. The molecule has 0 aliphatic carbocycles. The molecule has 0 aromatic heterocycles. The van der Waals surface area contributed by atoms with Crippen LogP contribution in [0.25, 0.3) is 11.1 Å². The number of nitrogens with two attached hydrogens (primary N) is 1. The number of phenols is 3. The highest BCUT2D eigenvalue weighted by Gasteiger charge is 2.18. The first kappa shape index (κ1) is 15.6. The normalized spacial score (nSPS) is 11.9. The number of aliphatic hydroxyl groups excluding tert-OH is 1. The molecule has 22 heavy (non-hydrogen) atoms. The third-order valence-corrected chi connectivity index (χ3v) is 3.14. The molecule has 2 rings (SSSR count). The lowest BCUT2D eigenvalue weighted by Gasteiger charge is -2.15. The van der Waals surface area contributed by atoms with Crippen molar-refractivity contribution < 1.29 is 25.2 Å². The number of hydrogen-bond donors (Lipinski definition) is 6. The number of carbonyl (C=O) groups excluding carboxylic acids is 1. The van der Waals surface area contributed by atoms with E-state index in [1.165, 1.54) is 12.1 Å². The van der Waals surface area contributed by atoms with Crippen LogP contribution in [-0.4, -0.2) is 39.0 Å². The summed E-state index contributed by atoms with van der Waals surface area (Å²) in [5, 5.41) is 40.4. The number of aromatic hydroxyl groups is 3. The average molecular weight is 304 g/mol. The number of phenolic OH excluding ortho intramolecular Hbond substituents is 3. The van der Waals surface area contributed by atoms with E-state index in [4.69, 9.17) is 10.8 Å². The number of aliphatic hydroxyl groups is 1. The number of benzene rings is 2. The van der Waals surface area contributed by atoms with Crippen molar-refractivity contribution in [3.05, 3.63) is 36.4 Å². The van der Waals surface area contributed by atoms with Crippen molar-refractivity contribution in [1.82, 2.24) is 0 Å². The zero-order valence-corrected chi connectivity index (χ0v) is 11.5. The Morgan fingerprint density at radius 3 is 2.41 bits per heavy atom. The lowest BCUT2D eigenvalue weighted by atomic mass is 10.0. The number of nitrogens with one attached hydrogen (secondary N) is 1. The van der Waals surface area contributed by atoms with Crippen molar-refractivity contribution in [2.24, 2.45) is 5.73 Å². The highest BCUT2D eigenvalue weighted by molar-refractivity contribution is 5.99. The van der Waals surface area contributed by atoms with Gasteiger partial charge in [0, 0.05) is 16.8 Å². The Bertz CT molecular complexity index is 702. The smallest absolute Gasteiger partial charge is 0.243 e. The van der Waals surface area contributed by atoms with E-state index in [2.05, 4.69) is 5.32 Å². The summed E-state index contributed by atoms with van der Waals surface area (Å²) in [6.45, 7) is -0.501. The van der Waals surface area contributed by atoms with Crippen LogP contribution in [0.15, 0.2) is 36.4 Å². The van der Waals surface area contributed by atoms with Crippen LogP contribution in [0.4, 0.5) is 5.69 Å². The molecule has 0 bridgehead atoms. The fourth-order valence-corrected chi connectivity index (χ4v) is 1.92. The summed E-state index contributed by atoms with van der Waals surface area (Å²) in [6, 6.07) is 8.10. The lowest BCUT2D eigenvalue weighted by Crippen LogP contribution is -2.38. The second-order valence-corrected chi connectivity index (χ2v) is 4.65. The quantitative estimate of drug-likeness (QED) is 0.461. The van der Waals surface area contributed by atoms with Crippen molar-refractivity contribution >= 4 is 11.6 Å². The van der Waals surface area contributed by atoms with Crippen molar-refractivity contribution in [1.29, 1.82) is 0 Å². The molecule has 1 atom stereocenters. The fourth-order valence-electron chi connectivity index (χ4n) is 1.92. The van der Waals surface area contributed by atoms with Crippen molar-refractivity contribution in [3.8, 4) is 28.4 Å². The van der Waals surface area contributed by atoms with Gasteiger partial charge in [0.2, 0.25) is 11.7 Å². The Balaban J connectivity index is 2.45. The van der Waals surface area contributed by atoms with E-state index in [1.807, 2.05) is 0 Å². The molecule has 0 saturated heterocycles. The molecule has 7 heteroatoms.